The maximum atomic E-state index is 12.9. The molecule has 14 heavy (non-hydrogen) atoms. The third-order valence-corrected chi connectivity index (χ3v) is 3.70. The Bertz CT molecular complexity index is 461. The van der Waals surface area contributed by atoms with Crippen LogP contribution in [0.1, 0.15) is 0 Å². The lowest BCUT2D eigenvalue weighted by molar-refractivity contribution is 0.584. The van der Waals surface area contributed by atoms with E-state index in [0.29, 0.717) is 0 Å². The van der Waals surface area contributed by atoms with Crippen molar-refractivity contribution in [2.24, 2.45) is 0 Å². The van der Waals surface area contributed by atoms with Gasteiger partial charge in [0.05, 0.1) is 10.0 Å². The second kappa shape index (κ2) is 4.02. The third kappa shape index (κ3) is 2.17. The van der Waals surface area contributed by atoms with E-state index in [2.05, 4.69) is 0 Å². The zero-order valence-electron chi connectivity index (χ0n) is 7.01. The summed E-state index contributed by atoms with van der Waals surface area (Å²) >= 11 is 11.0. The third-order valence-electron chi connectivity index (χ3n) is 1.53. The van der Waals surface area contributed by atoms with Gasteiger partial charge in [0.15, 0.2) is 0 Å². The number of sulfonamides is 1. The minimum absolute atomic E-state index is 0.120. The van der Waals surface area contributed by atoms with Crippen molar-refractivity contribution < 1.29 is 12.8 Å². The predicted octanol–water partition coefficient (Wildman–Crippen LogP) is 2.04. The molecule has 0 amide bonds. The Balaban J connectivity index is 3.45. The molecule has 7 heteroatoms. The van der Waals surface area contributed by atoms with Crippen LogP contribution in [0.15, 0.2) is 17.0 Å². The summed E-state index contributed by atoms with van der Waals surface area (Å²) in [5.41, 5.74) is 0. The first-order chi connectivity index (χ1) is 6.38. The topological polar surface area (TPSA) is 46.2 Å². The molecule has 0 aliphatic rings. The predicted molar refractivity (Wildman–Crippen MR) is 52.7 cm³/mol. The first-order valence-corrected chi connectivity index (χ1v) is 5.70. The highest BCUT2D eigenvalue weighted by Gasteiger charge is 2.18. The highest BCUT2D eigenvalue weighted by molar-refractivity contribution is 7.89. The van der Waals surface area contributed by atoms with Crippen molar-refractivity contribution in [3.8, 4) is 0 Å². The van der Waals surface area contributed by atoms with Gasteiger partial charge in [-0.15, -0.1) is 0 Å². The minimum Gasteiger partial charge on any atom is -0.214 e. The number of nitrogens with one attached hydrogen (secondary N) is 1. The van der Waals surface area contributed by atoms with Gasteiger partial charge in [-0.25, -0.2) is 17.5 Å². The Hall–Kier alpha value is -0.360. The molecule has 1 aromatic carbocycles. The van der Waals surface area contributed by atoms with E-state index < -0.39 is 15.8 Å². The number of rotatable bonds is 2. The Morgan fingerprint density at radius 2 is 1.86 bits per heavy atom. The van der Waals surface area contributed by atoms with Crippen molar-refractivity contribution in [3.05, 3.63) is 28.0 Å². The highest BCUT2D eigenvalue weighted by Crippen LogP contribution is 2.27. The van der Waals surface area contributed by atoms with Crippen LogP contribution < -0.4 is 4.72 Å². The Morgan fingerprint density at radius 1 is 1.29 bits per heavy atom. The quantitative estimate of drug-likeness (QED) is 0.825. The lowest BCUT2D eigenvalue weighted by Gasteiger charge is -2.05. The van der Waals surface area contributed by atoms with Crippen molar-refractivity contribution >= 4 is 33.2 Å². The SMILES string of the molecule is CNS(=O)(=O)c1cc(F)c(Cl)cc1Cl. The molecule has 0 aliphatic carbocycles. The Labute approximate surface area is 90.9 Å². The van der Waals surface area contributed by atoms with Gasteiger partial charge in [-0.1, -0.05) is 23.2 Å². The molecule has 0 bridgehead atoms. The normalized spacial score (nSPS) is 11.7. The first kappa shape index (κ1) is 11.7. The molecule has 0 radical (unpaired) electrons. The van der Waals surface area contributed by atoms with E-state index in [4.69, 9.17) is 23.2 Å². The maximum Gasteiger partial charge on any atom is 0.241 e. The van der Waals surface area contributed by atoms with E-state index >= 15 is 0 Å². The maximum absolute atomic E-state index is 12.9. The van der Waals surface area contributed by atoms with E-state index in [9.17, 15) is 12.8 Å². The van der Waals surface area contributed by atoms with Crippen molar-refractivity contribution in [1.82, 2.24) is 4.72 Å². The number of hydrogen-bond donors (Lipinski definition) is 1. The second-order valence-corrected chi connectivity index (χ2v) is 5.07. The van der Waals surface area contributed by atoms with Crippen LogP contribution in [0.3, 0.4) is 0 Å². The van der Waals surface area contributed by atoms with Gasteiger partial charge in [0.1, 0.15) is 10.7 Å². The first-order valence-electron chi connectivity index (χ1n) is 3.46. The van der Waals surface area contributed by atoms with Gasteiger partial charge < -0.3 is 0 Å². The molecule has 0 unspecified atom stereocenters. The van der Waals surface area contributed by atoms with Crippen LogP contribution in [-0.4, -0.2) is 15.5 Å². The molecule has 0 spiro atoms. The van der Waals surface area contributed by atoms with E-state index in [1.54, 1.807) is 0 Å². The molecule has 0 fully saturated rings. The van der Waals surface area contributed by atoms with Gasteiger partial charge in [0.25, 0.3) is 0 Å². The molecule has 1 aromatic rings. The number of hydrogen-bond acceptors (Lipinski definition) is 2. The summed E-state index contributed by atoms with van der Waals surface area (Å²) < 4.78 is 37.5. The second-order valence-electron chi connectivity index (χ2n) is 2.40. The van der Waals surface area contributed by atoms with Crippen molar-refractivity contribution in [2.45, 2.75) is 4.90 Å². The summed E-state index contributed by atoms with van der Waals surface area (Å²) in [5.74, 6) is -0.829. The molecule has 3 nitrogen and oxygen atoms in total. The summed E-state index contributed by atoms with van der Waals surface area (Å²) in [6.07, 6.45) is 0. The number of halogens is 3. The van der Waals surface area contributed by atoms with Crippen molar-refractivity contribution in [1.29, 1.82) is 0 Å². The molecule has 0 heterocycles. The summed E-state index contributed by atoms with van der Waals surface area (Å²) in [4.78, 5) is -0.330. The van der Waals surface area contributed by atoms with Crippen molar-refractivity contribution in [2.75, 3.05) is 7.05 Å². The standard InChI is InChI=1S/C7H6Cl2FNO2S/c1-11-14(12,13)7-3-6(10)4(8)2-5(7)9/h2-3,11H,1H3. The molecule has 0 atom stereocenters. The van der Waals surface area contributed by atoms with E-state index in [1.807, 2.05) is 4.72 Å². The summed E-state index contributed by atoms with van der Waals surface area (Å²) in [6, 6.07) is 1.82. The average Bonchev–Trinajstić information content (AvgIpc) is 2.11. The molecular weight excluding hydrogens is 252 g/mol. The van der Waals surface area contributed by atoms with E-state index in [0.717, 1.165) is 12.1 Å². The zero-order chi connectivity index (χ0) is 10.9. The smallest absolute Gasteiger partial charge is 0.214 e. The van der Waals surface area contributed by atoms with Gasteiger partial charge in [-0.05, 0) is 19.2 Å². The van der Waals surface area contributed by atoms with Gasteiger partial charge >= 0.3 is 0 Å². The number of benzene rings is 1. The lowest BCUT2D eigenvalue weighted by Crippen LogP contribution is -2.19. The molecule has 0 aromatic heterocycles. The molecule has 1 N–H and O–H groups in total. The van der Waals surface area contributed by atoms with Crippen LogP contribution in [0.25, 0.3) is 0 Å². The van der Waals surface area contributed by atoms with Crippen LogP contribution in [0, 0.1) is 5.82 Å². The largest absolute Gasteiger partial charge is 0.241 e. The lowest BCUT2D eigenvalue weighted by atomic mass is 10.3. The molecule has 78 valence electrons. The van der Waals surface area contributed by atoms with Crippen LogP contribution in [0.4, 0.5) is 4.39 Å². The molecule has 0 aliphatic heterocycles. The fourth-order valence-electron chi connectivity index (χ4n) is 0.820. The van der Waals surface area contributed by atoms with Crippen LogP contribution in [0.2, 0.25) is 10.0 Å². The fourth-order valence-corrected chi connectivity index (χ4v) is 2.30. The molecular formula is C7H6Cl2FNO2S. The Kier molecular flexibility index (Phi) is 3.36. The van der Waals surface area contributed by atoms with E-state index in [1.165, 1.54) is 7.05 Å². The van der Waals surface area contributed by atoms with Crippen LogP contribution in [-0.2, 0) is 10.0 Å². The molecule has 0 saturated carbocycles. The van der Waals surface area contributed by atoms with Gasteiger partial charge in [-0.3, -0.25) is 0 Å². The monoisotopic (exact) mass is 257 g/mol. The average molecular weight is 258 g/mol. The van der Waals surface area contributed by atoms with Gasteiger partial charge in [-0.2, -0.15) is 0 Å². The van der Waals surface area contributed by atoms with Crippen LogP contribution >= 0.6 is 23.2 Å². The fraction of sp³-hybridized carbons (Fsp3) is 0.143. The summed E-state index contributed by atoms with van der Waals surface area (Å²) in [6.45, 7) is 0. The van der Waals surface area contributed by atoms with Crippen LogP contribution in [0.5, 0.6) is 0 Å². The van der Waals surface area contributed by atoms with E-state index in [-0.39, 0.29) is 14.9 Å². The zero-order valence-corrected chi connectivity index (χ0v) is 9.34. The Morgan fingerprint density at radius 3 is 2.36 bits per heavy atom. The molecule has 0 saturated heterocycles. The minimum atomic E-state index is -3.75. The van der Waals surface area contributed by atoms with Gasteiger partial charge in [0.2, 0.25) is 10.0 Å². The van der Waals surface area contributed by atoms with Gasteiger partial charge in [0, 0.05) is 0 Å². The highest BCUT2D eigenvalue weighted by atomic mass is 35.5. The summed E-state index contributed by atoms with van der Waals surface area (Å²) in [7, 11) is -2.54. The van der Waals surface area contributed by atoms with Crippen molar-refractivity contribution in [3.63, 3.8) is 0 Å². The molecule has 1 rings (SSSR count). The summed E-state index contributed by atoms with van der Waals surface area (Å²) in [5, 5.41) is -0.337.